The molecule has 1 fully saturated rings. The van der Waals surface area contributed by atoms with Crippen LogP contribution in [0, 0.1) is 10.8 Å². The molecule has 0 aromatic carbocycles. The Bertz CT molecular complexity index is 280. The Morgan fingerprint density at radius 2 is 2.43 bits per heavy atom. The molecule has 78 valence electrons. The highest BCUT2D eigenvalue weighted by atomic mass is 79.9. The first-order chi connectivity index (χ1) is 6.53. The lowest BCUT2D eigenvalue weighted by molar-refractivity contribution is -0.138. The summed E-state index contributed by atoms with van der Waals surface area (Å²) in [6.45, 7) is 4.60. The van der Waals surface area contributed by atoms with Gasteiger partial charge in [-0.25, -0.2) is 0 Å². The number of carbonyl (C=O) groups excluding carboxylic acids is 1. The first kappa shape index (κ1) is 11.5. The summed E-state index contributed by atoms with van der Waals surface area (Å²) in [6.07, 6.45) is -0.0916. The van der Waals surface area contributed by atoms with Crippen molar-refractivity contribution < 1.29 is 14.3 Å². The second kappa shape index (κ2) is 4.78. The molecule has 0 radical (unpaired) electrons. The maximum absolute atomic E-state index is 11.0. The first-order valence-corrected chi connectivity index (χ1v) is 5.04. The van der Waals surface area contributed by atoms with Crippen molar-refractivity contribution in [3.63, 3.8) is 0 Å². The SMILES string of the molecule is CC1(C)OCC(CNC(=O)C#CBr)O1. The molecule has 0 aromatic rings. The number of ether oxygens (including phenoxy) is 2. The van der Waals surface area contributed by atoms with Crippen molar-refractivity contribution in [2.24, 2.45) is 0 Å². The molecule has 0 spiro atoms. The molecule has 5 heteroatoms. The Morgan fingerprint density at radius 1 is 1.71 bits per heavy atom. The molecule has 0 aliphatic carbocycles. The number of rotatable bonds is 2. The highest BCUT2D eigenvalue weighted by molar-refractivity contribution is 9.12. The second-order valence-electron chi connectivity index (χ2n) is 3.38. The number of halogens is 1. The van der Waals surface area contributed by atoms with Crippen LogP contribution in [0.2, 0.25) is 0 Å². The van der Waals surface area contributed by atoms with Gasteiger partial charge < -0.3 is 14.8 Å². The van der Waals surface area contributed by atoms with Crippen molar-refractivity contribution in [2.75, 3.05) is 13.2 Å². The minimum absolute atomic E-state index is 0.0916. The normalized spacial score (nSPS) is 23.8. The van der Waals surface area contributed by atoms with Crippen LogP contribution in [0.25, 0.3) is 0 Å². The highest BCUT2D eigenvalue weighted by Crippen LogP contribution is 2.21. The van der Waals surface area contributed by atoms with Gasteiger partial charge in [-0.3, -0.25) is 4.79 Å². The average molecular weight is 262 g/mol. The summed E-state index contributed by atoms with van der Waals surface area (Å²) in [7, 11) is 0. The van der Waals surface area contributed by atoms with Crippen LogP contribution in [0.3, 0.4) is 0 Å². The average Bonchev–Trinajstić information content (AvgIpc) is 2.43. The number of amides is 1. The van der Waals surface area contributed by atoms with Gasteiger partial charge >= 0.3 is 0 Å². The smallest absolute Gasteiger partial charge is 0.296 e. The van der Waals surface area contributed by atoms with Gasteiger partial charge in [-0.05, 0) is 18.7 Å². The van der Waals surface area contributed by atoms with E-state index in [1.54, 1.807) is 0 Å². The molecule has 4 nitrogen and oxygen atoms in total. The Morgan fingerprint density at radius 3 is 2.93 bits per heavy atom. The van der Waals surface area contributed by atoms with Crippen molar-refractivity contribution in [1.29, 1.82) is 0 Å². The van der Waals surface area contributed by atoms with Crippen LogP contribution in [-0.2, 0) is 14.3 Å². The summed E-state index contributed by atoms with van der Waals surface area (Å²) in [5, 5.41) is 2.62. The zero-order chi connectivity index (χ0) is 10.6. The monoisotopic (exact) mass is 261 g/mol. The maximum Gasteiger partial charge on any atom is 0.296 e. The van der Waals surface area contributed by atoms with E-state index in [1.165, 1.54) is 0 Å². The van der Waals surface area contributed by atoms with E-state index in [-0.39, 0.29) is 12.0 Å². The summed E-state index contributed by atoms with van der Waals surface area (Å²) >= 11 is 2.84. The standard InChI is InChI=1S/C9H12BrNO3/c1-9(2)13-6-7(14-9)5-11-8(12)3-4-10/h7H,5-6H2,1-2H3,(H,11,12). The Labute approximate surface area is 91.5 Å². The Balaban J connectivity index is 2.26. The van der Waals surface area contributed by atoms with E-state index in [4.69, 9.17) is 9.47 Å². The van der Waals surface area contributed by atoms with E-state index in [0.717, 1.165) is 0 Å². The molecule has 14 heavy (non-hydrogen) atoms. The van der Waals surface area contributed by atoms with Crippen LogP contribution >= 0.6 is 15.9 Å². The third kappa shape index (κ3) is 3.66. The van der Waals surface area contributed by atoms with E-state index in [0.29, 0.717) is 13.2 Å². The van der Waals surface area contributed by atoms with Gasteiger partial charge in [0.2, 0.25) is 0 Å². The van der Waals surface area contributed by atoms with E-state index >= 15 is 0 Å². The topological polar surface area (TPSA) is 47.6 Å². The van der Waals surface area contributed by atoms with Crippen LogP contribution in [-0.4, -0.2) is 30.9 Å². The van der Waals surface area contributed by atoms with Gasteiger partial charge in [0.1, 0.15) is 6.10 Å². The van der Waals surface area contributed by atoms with Crippen molar-refractivity contribution in [3.05, 3.63) is 0 Å². The molecule has 1 rings (SSSR count). The molecule has 1 atom stereocenters. The van der Waals surface area contributed by atoms with E-state index in [2.05, 4.69) is 32.0 Å². The van der Waals surface area contributed by atoms with Crippen molar-refractivity contribution in [2.45, 2.75) is 25.7 Å². The molecule has 0 saturated carbocycles. The molecule has 0 bridgehead atoms. The molecular weight excluding hydrogens is 250 g/mol. The Hall–Kier alpha value is -0.570. The van der Waals surface area contributed by atoms with Gasteiger partial charge in [0.25, 0.3) is 5.91 Å². The lowest BCUT2D eigenvalue weighted by Crippen LogP contribution is -2.33. The largest absolute Gasteiger partial charge is 0.348 e. The molecule has 1 unspecified atom stereocenters. The van der Waals surface area contributed by atoms with Crippen molar-refractivity contribution >= 4 is 21.8 Å². The molecule has 1 amide bonds. The lowest BCUT2D eigenvalue weighted by atomic mass is 10.3. The van der Waals surface area contributed by atoms with Gasteiger partial charge in [-0.2, -0.15) is 0 Å². The van der Waals surface area contributed by atoms with Gasteiger partial charge in [0, 0.05) is 28.4 Å². The van der Waals surface area contributed by atoms with Gasteiger partial charge in [0.15, 0.2) is 5.79 Å². The second-order valence-corrected chi connectivity index (χ2v) is 3.78. The zero-order valence-electron chi connectivity index (χ0n) is 8.09. The predicted octanol–water partition coefficient (Wildman–Crippen LogP) is 0.610. The van der Waals surface area contributed by atoms with Crippen molar-refractivity contribution in [1.82, 2.24) is 5.32 Å². The fourth-order valence-electron chi connectivity index (χ4n) is 1.16. The molecule has 1 heterocycles. The number of carbonyl (C=O) groups is 1. The summed E-state index contributed by atoms with van der Waals surface area (Å²) in [5.41, 5.74) is 0. The lowest BCUT2D eigenvalue weighted by Gasteiger charge is -2.16. The molecule has 1 aliphatic heterocycles. The minimum Gasteiger partial charge on any atom is -0.348 e. The quantitative estimate of drug-likeness (QED) is 0.742. The molecule has 1 saturated heterocycles. The first-order valence-electron chi connectivity index (χ1n) is 4.25. The van der Waals surface area contributed by atoms with Crippen LogP contribution in [0.15, 0.2) is 0 Å². The highest BCUT2D eigenvalue weighted by Gasteiger charge is 2.32. The van der Waals surface area contributed by atoms with Crippen LogP contribution in [0.1, 0.15) is 13.8 Å². The molecule has 1 N–H and O–H groups in total. The Kier molecular flexibility index (Phi) is 3.93. The third-order valence-corrected chi connectivity index (χ3v) is 1.92. The summed E-state index contributed by atoms with van der Waals surface area (Å²) in [6, 6.07) is 0. The van der Waals surface area contributed by atoms with Gasteiger partial charge in [0.05, 0.1) is 6.61 Å². The zero-order valence-corrected chi connectivity index (χ0v) is 9.68. The number of hydrogen-bond donors (Lipinski definition) is 1. The molecule has 0 aromatic heterocycles. The summed E-state index contributed by atoms with van der Waals surface area (Å²) in [4.78, 5) is 13.3. The summed E-state index contributed by atoms with van der Waals surface area (Å²) < 4.78 is 10.8. The van der Waals surface area contributed by atoms with E-state index < -0.39 is 5.79 Å². The number of hydrogen-bond acceptors (Lipinski definition) is 3. The fraction of sp³-hybridized carbons (Fsp3) is 0.667. The van der Waals surface area contributed by atoms with Crippen LogP contribution in [0.4, 0.5) is 0 Å². The number of nitrogens with one attached hydrogen (secondary N) is 1. The van der Waals surface area contributed by atoms with Crippen LogP contribution in [0.5, 0.6) is 0 Å². The maximum atomic E-state index is 11.0. The van der Waals surface area contributed by atoms with E-state index in [9.17, 15) is 4.79 Å². The van der Waals surface area contributed by atoms with E-state index in [1.807, 2.05) is 13.8 Å². The van der Waals surface area contributed by atoms with Crippen LogP contribution < -0.4 is 5.32 Å². The van der Waals surface area contributed by atoms with Gasteiger partial charge in [-0.1, -0.05) is 0 Å². The summed E-state index contributed by atoms with van der Waals surface area (Å²) in [5.74, 6) is 1.44. The fourth-order valence-corrected chi connectivity index (χ4v) is 1.34. The molecule has 1 aliphatic rings. The van der Waals surface area contributed by atoms with Crippen molar-refractivity contribution in [3.8, 4) is 10.8 Å². The third-order valence-electron chi connectivity index (χ3n) is 1.72. The molecular formula is C9H12BrNO3. The van der Waals surface area contributed by atoms with Gasteiger partial charge in [-0.15, -0.1) is 0 Å². The minimum atomic E-state index is -0.545. The predicted molar refractivity (Wildman–Crippen MR) is 54.6 cm³/mol.